The fraction of sp³-hybridized carbons (Fsp3) is 1.00. The molecule has 1 saturated carbocycles. The first-order valence-electron chi connectivity index (χ1n) is 8.84. The molecule has 3 heteroatoms. The van der Waals surface area contributed by atoms with Crippen LogP contribution in [0.2, 0.25) is 0 Å². The minimum Gasteiger partial charge on any atom is -0.370 e. The topological polar surface area (TPSA) is 9.23 Å². The summed E-state index contributed by atoms with van der Waals surface area (Å²) in [6.45, 7) is 10.1. The molecule has 2 heterocycles. The molecule has 3 nitrogen and oxygen atoms in total. The Balaban J connectivity index is 1.46. The first-order valence-corrected chi connectivity index (χ1v) is 8.84. The van der Waals surface area contributed by atoms with E-state index in [0.29, 0.717) is 0 Å². The van der Waals surface area contributed by atoms with Gasteiger partial charge in [-0.1, -0.05) is 12.8 Å². The van der Waals surface area contributed by atoms with Gasteiger partial charge in [0.2, 0.25) is 0 Å². The molecule has 2 saturated heterocycles. The zero-order valence-electron chi connectivity index (χ0n) is 13.6. The monoisotopic (exact) mass is 282 g/mol. The molecule has 0 aromatic heterocycles. The standard InChI is InChI=1S/C17H34N2O/c1-18(10-12-20-13-11-18)8-5-9-19(2)14-16-6-3-4-7-17(16)15-19/h16-17H,3-15H2,1-2H3/q+2/t16-,17+,19?. The van der Waals surface area contributed by atoms with Gasteiger partial charge >= 0.3 is 0 Å². The van der Waals surface area contributed by atoms with E-state index in [9.17, 15) is 0 Å². The van der Waals surface area contributed by atoms with Crippen LogP contribution in [0.15, 0.2) is 0 Å². The van der Waals surface area contributed by atoms with Gasteiger partial charge in [-0.05, 0) is 12.8 Å². The predicted octanol–water partition coefficient (Wildman–Crippen LogP) is 2.12. The fourth-order valence-corrected chi connectivity index (χ4v) is 5.00. The average molecular weight is 282 g/mol. The van der Waals surface area contributed by atoms with Crippen molar-refractivity contribution in [2.24, 2.45) is 11.8 Å². The first-order chi connectivity index (χ1) is 9.59. The zero-order valence-corrected chi connectivity index (χ0v) is 13.6. The van der Waals surface area contributed by atoms with Crippen LogP contribution in [-0.4, -0.2) is 75.5 Å². The van der Waals surface area contributed by atoms with Gasteiger partial charge in [0.1, 0.15) is 13.1 Å². The van der Waals surface area contributed by atoms with Crippen molar-refractivity contribution in [3.8, 4) is 0 Å². The maximum atomic E-state index is 5.51. The fourth-order valence-electron chi connectivity index (χ4n) is 5.00. The highest BCUT2D eigenvalue weighted by Gasteiger charge is 2.43. The molecular weight excluding hydrogens is 248 g/mol. The third kappa shape index (κ3) is 3.37. The molecule has 0 radical (unpaired) electrons. The van der Waals surface area contributed by atoms with E-state index in [0.717, 1.165) is 25.0 Å². The van der Waals surface area contributed by atoms with Crippen molar-refractivity contribution in [3.63, 3.8) is 0 Å². The lowest BCUT2D eigenvalue weighted by Crippen LogP contribution is -2.53. The molecule has 0 aromatic rings. The van der Waals surface area contributed by atoms with Gasteiger partial charge < -0.3 is 13.7 Å². The third-order valence-corrected chi connectivity index (χ3v) is 6.36. The molecule has 0 aromatic carbocycles. The van der Waals surface area contributed by atoms with E-state index in [4.69, 9.17) is 4.74 Å². The summed E-state index contributed by atoms with van der Waals surface area (Å²) in [5, 5.41) is 0. The minimum atomic E-state index is 0.965. The van der Waals surface area contributed by atoms with E-state index < -0.39 is 0 Å². The van der Waals surface area contributed by atoms with E-state index >= 15 is 0 Å². The lowest BCUT2D eigenvalue weighted by Gasteiger charge is -2.38. The first kappa shape index (κ1) is 14.8. The smallest absolute Gasteiger partial charge is 0.102 e. The van der Waals surface area contributed by atoms with Crippen molar-refractivity contribution in [1.82, 2.24) is 0 Å². The normalized spacial score (nSPS) is 40.5. The van der Waals surface area contributed by atoms with Crippen molar-refractivity contribution in [1.29, 1.82) is 0 Å². The van der Waals surface area contributed by atoms with Gasteiger partial charge in [-0.15, -0.1) is 0 Å². The van der Waals surface area contributed by atoms with Gasteiger partial charge in [-0.2, -0.15) is 0 Å². The van der Waals surface area contributed by atoms with Crippen LogP contribution < -0.4 is 0 Å². The molecule has 20 heavy (non-hydrogen) atoms. The maximum Gasteiger partial charge on any atom is 0.102 e. The average Bonchev–Trinajstić information content (AvgIpc) is 2.75. The number of likely N-dealkylation sites (N-methyl/N-ethyl adjacent to an activating group) is 1. The van der Waals surface area contributed by atoms with E-state index in [1.165, 1.54) is 80.3 Å². The Bertz CT molecular complexity index is 311. The highest BCUT2D eigenvalue weighted by Crippen LogP contribution is 2.39. The molecule has 3 rings (SSSR count). The second-order valence-electron chi connectivity index (χ2n) is 8.27. The van der Waals surface area contributed by atoms with Crippen molar-refractivity contribution in [2.45, 2.75) is 32.1 Å². The number of morpholine rings is 1. The summed E-state index contributed by atoms with van der Waals surface area (Å²) < 4.78 is 8.12. The second kappa shape index (κ2) is 5.94. The van der Waals surface area contributed by atoms with Crippen LogP contribution in [0.3, 0.4) is 0 Å². The number of likely N-dealkylation sites (tertiary alicyclic amines) is 1. The van der Waals surface area contributed by atoms with E-state index in [-0.39, 0.29) is 0 Å². The molecular formula is C17H34N2O+2. The Morgan fingerprint density at radius 1 is 0.850 bits per heavy atom. The largest absolute Gasteiger partial charge is 0.370 e. The number of hydrogen-bond acceptors (Lipinski definition) is 1. The van der Waals surface area contributed by atoms with Crippen LogP contribution in [0.1, 0.15) is 32.1 Å². The second-order valence-corrected chi connectivity index (χ2v) is 8.27. The van der Waals surface area contributed by atoms with Crippen LogP contribution in [0, 0.1) is 11.8 Å². The van der Waals surface area contributed by atoms with Gasteiger partial charge in [0.05, 0.1) is 53.5 Å². The Morgan fingerprint density at radius 2 is 1.40 bits per heavy atom. The summed E-state index contributed by atoms with van der Waals surface area (Å²) in [5.74, 6) is 2.11. The number of nitrogens with zero attached hydrogens (tertiary/aromatic N) is 2. The lowest BCUT2D eigenvalue weighted by molar-refractivity contribution is -0.928. The van der Waals surface area contributed by atoms with Crippen molar-refractivity contribution in [3.05, 3.63) is 0 Å². The summed E-state index contributed by atoms with van der Waals surface area (Å²) in [6.07, 6.45) is 7.42. The molecule has 0 bridgehead atoms. The molecule has 2 aliphatic heterocycles. The molecule has 0 N–H and O–H groups in total. The molecule has 116 valence electrons. The molecule has 3 atom stereocenters. The summed E-state index contributed by atoms with van der Waals surface area (Å²) >= 11 is 0. The van der Waals surface area contributed by atoms with Crippen LogP contribution in [0.5, 0.6) is 0 Å². The number of quaternary nitrogens is 2. The summed E-state index contributed by atoms with van der Waals surface area (Å²) in [5.41, 5.74) is 0. The van der Waals surface area contributed by atoms with E-state index in [1.54, 1.807) is 0 Å². The van der Waals surface area contributed by atoms with Crippen molar-refractivity contribution < 1.29 is 13.7 Å². The maximum absolute atomic E-state index is 5.51. The van der Waals surface area contributed by atoms with Crippen LogP contribution in [-0.2, 0) is 4.74 Å². The zero-order chi connectivity index (χ0) is 14.1. The van der Waals surface area contributed by atoms with Gasteiger partial charge in [-0.3, -0.25) is 0 Å². The van der Waals surface area contributed by atoms with E-state index in [1.807, 2.05) is 0 Å². The molecule has 1 aliphatic carbocycles. The summed E-state index contributed by atoms with van der Waals surface area (Å²) in [4.78, 5) is 0. The highest BCUT2D eigenvalue weighted by atomic mass is 16.5. The van der Waals surface area contributed by atoms with Gasteiger partial charge in [0.25, 0.3) is 0 Å². The van der Waals surface area contributed by atoms with Crippen LogP contribution in [0.25, 0.3) is 0 Å². The highest BCUT2D eigenvalue weighted by molar-refractivity contribution is 4.80. The van der Waals surface area contributed by atoms with Crippen molar-refractivity contribution >= 4 is 0 Å². The van der Waals surface area contributed by atoms with Gasteiger partial charge in [0.15, 0.2) is 0 Å². The minimum absolute atomic E-state index is 0.965. The molecule has 1 unspecified atom stereocenters. The van der Waals surface area contributed by atoms with E-state index in [2.05, 4.69) is 14.1 Å². The number of rotatable bonds is 4. The molecule has 3 fully saturated rings. The van der Waals surface area contributed by atoms with Crippen molar-refractivity contribution in [2.75, 3.05) is 66.6 Å². The Labute approximate surface area is 125 Å². The summed E-state index contributed by atoms with van der Waals surface area (Å²) in [6, 6.07) is 0. The number of ether oxygens (including phenoxy) is 1. The quantitative estimate of drug-likeness (QED) is 0.718. The Morgan fingerprint density at radius 3 is 2.00 bits per heavy atom. The van der Waals surface area contributed by atoms with Crippen LogP contribution in [0.4, 0.5) is 0 Å². The summed E-state index contributed by atoms with van der Waals surface area (Å²) in [7, 11) is 4.95. The Hall–Kier alpha value is -0.120. The molecule has 0 amide bonds. The number of fused-ring (bicyclic) bond motifs is 1. The lowest BCUT2D eigenvalue weighted by atomic mass is 9.82. The molecule has 3 aliphatic rings. The third-order valence-electron chi connectivity index (χ3n) is 6.36. The SMILES string of the molecule is C[N+]1(CCC[N+]2(C)C[C@H]3CCCC[C@H]3C2)CCOCC1. The predicted molar refractivity (Wildman–Crippen MR) is 82.5 cm³/mol. The van der Waals surface area contributed by atoms with Gasteiger partial charge in [0, 0.05) is 18.3 Å². The van der Waals surface area contributed by atoms with Crippen LogP contribution >= 0.6 is 0 Å². The molecule has 0 spiro atoms. The van der Waals surface area contributed by atoms with Gasteiger partial charge in [-0.25, -0.2) is 0 Å². The number of hydrogen-bond donors (Lipinski definition) is 0. The Kier molecular flexibility index (Phi) is 4.40.